The zero-order chi connectivity index (χ0) is 39.3. The van der Waals surface area contributed by atoms with E-state index in [9.17, 15) is 0 Å². The fraction of sp³-hybridized carbons (Fsp3) is 0.180. The molecule has 0 aliphatic carbocycles. The first-order valence-corrected chi connectivity index (χ1v) is 19.3. The molecule has 286 valence electrons. The summed E-state index contributed by atoms with van der Waals surface area (Å²) in [5.41, 5.74) is 9.15. The molecule has 9 rings (SSSR count). The topological polar surface area (TPSA) is 48.8 Å². The number of hydrogen-bond acceptors (Lipinski definition) is 3. The van der Waals surface area contributed by atoms with Gasteiger partial charge in [-0.2, -0.15) is 6.07 Å². The van der Waals surface area contributed by atoms with E-state index in [-0.39, 0.29) is 26.5 Å². The summed E-state index contributed by atoms with van der Waals surface area (Å²) in [6.07, 6.45) is 8.76. The van der Waals surface area contributed by atoms with E-state index in [0.29, 0.717) is 22.9 Å². The van der Waals surface area contributed by atoms with Gasteiger partial charge in [0.05, 0.1) is 16.7 Å². The molecule has 5 aromatic carbocycles. The number of nitrogens with zero attached hydrogens (tertiary/aromatic N) is 5. The maximum Gasteiger partial charge on any atom is 0.268 e. The molecular formula is C50H43N5OPt-2. The van der Waals surface area contributed by atoms with E-state index in [0.717, 1.165) is 68.3 Å². The number of pyridine rings is 2. The van der Waals surface area contributed by atoms with Gasteiger partial charge in [-0.3, -0.25) is 4.57 Å². The number of benzene rings is 5. The monoisotopic (exact) mass is 925 g/mol. The summed E-state index contributed by atoms with van der Waals surface area (Å²) < 4.78 is 22.1. The molecule has 57 heavy (non-hydrogen) atoms. The van der Waals surface area contributed by atoms with Crippen LogP contribution in [0.1, 0.15) is 65.9 Å². The average molecular weight is 926 g/mol. The molecule has 4 heterocycles. The Hall–Kier alpha value is -5.84. The first-order valence-electron chi connectivity index (χ1n) is 19.8. The Morgan fingerprint density at radius 1 is 0.772 bits per heavy atom. The second-order valence-electron chi connectivity index (χ2n) is 15.1. The molecule has 0 saturated carbocycles. The molecule has 0 aliphatic rings. The van der Waals surface area contributed by atoms with Crippen molar-refractivity contribution in [2.75, 3.05) is 0 Å². The van der Waals surface area contributed by atoms with Crippen molar-refractivity contribution in [3.05, 3.63) is 169 Å². The van der Waals surface area contributed by atoms with Crippen LogP contribution in [0.25, 0.3) is 61.3 Å². The molecule has 0 bridgehead atoms. The largest absolute Gasteiger partial charge is 0.508 e. The first kappa shape index (κ1) is 36.8. The molecule has 0 fully saturated rings. The zero-order valence-electron chi connectivity index (χ0n) is 33.7. The van der Waals surface area contributed by atoms with E-state index in [2.05, 4.69) is 130 Å². The van der Waals surface area contributed by atoms with Crippen LogP contribution in [0.4, 0.5) is 0 Å². The van der Waals surface area contributed by atoms with Crippen LogP contribution >= 0.6 is 0 Å². The molecule has 4 aromatic heterocycles. The molecule has 0 spiro atoms. The standard InChI is InChI=1S/C50H43N5O.Pt/c1-6-34(7-2)36-18-15-19-38(28-36)53-33-54(45-23-14-13-22-44(45)53)39-30-47(49(52-32-39)35-16-9-8-10-17-35)56-40-24-25-42-41-20-11-12-21-43(41)55(46(42)31-40)48-29-37(26-27-51-48)50(3,4)5;/h8-29,32,34H,6-7H2,1-5H3;/q-2;/i34D;. The third-order valence-electron chi connectivity index (χ3n) is 10.6. The van der Waals surface area contributed by atoms with E-state index in [1.807, 2.05) is 76.1 Å². The van der Waals surface area contributed by atoms with Gasteiger partial charge in [0, 0.05) is 45.6 Å². The molecule has 0 unspecified atom stereocenters. The molecule has 7 heteroatoms. The van der Waals surface area contributed by atoms with E-state index in [4.69, 9.17) is 16.1 Å². The van der Waals surface area contributed by atoms with E-state index >= 15 is 0 Å². The molecule has 0 aliphatic heterocycles. The second-order valence-corrected chi connectivity index (χ2v) is 15.1. The van der Waals surface area contributed by atoms with Gasteiger partial charge in [-0.25, -0.2) is 4.98 Å². The van der Waals surface area contributed by atoms with Crippen molar-refractivity contribution in [2.45, 2.75) is 58.8 Å². The minimum atomic E-state index is -0.659. The maximum absolute atomic E-state index is 9.13. The van der Waals surface area contributed by atoms with Crippen LogP contribution in [0.5, 0.6) is 11.5 Å². The Bertz CT molecular complexity index is 2920. The van der Waals surface area contributed by atoms with Gasteiger partial charge in [0.2, 0.25) is 0 Å². The molecular weight excluding hydrogens is 882 g/mol. The minimum Gasteiger partial charge on any atom is -0.508 e. The first-order chi connectivity index (χ1) is 27.6. The predicted molar refractivity (Wildman–Crippen MR) is 225 cm³/mol. The van der Waals surface area contributed by atoms with E-state index in [1.165, 1.54) is 5.56 Å². The number of fused-ring (bicyclic) bond motifs is 4. The van der Waals surface area contributed by atoms with Gasteiger partial charge >= 0.3 is 0 Å². The summed E-state index contributed by atoms with van der Waals surface area (Å²) in [5.74, 6) is 1.17. The number of hydrogen-bond donors (Lipinski definition) is 0. The molecule has 0 N–H and O–H groups in total. The number of ether oxygens (including phenoxy) is 1. The van der Waals surface area contributed by atoms with Crippen molar-refractivity contribution in [1.82, 2.24) is 19.1 Å². The Morgan fingerprint density at radius 3 is 2.32 bits per heavy atom. The van der Waals surface area contributed by atoms with Crippen LogP contribution in [-0.4, -0.2) is 19.1 Å². The van der Waals surface area contributed by atoms with Crippen molar-refractivity contribution >= 4 is 32.8 Å². The summed E-state index contributed by atoms with van der Waals surface area (Å²) >= 11 is 0. The normalized spacial score (nSPS) is 12.2. The van der Waals surface area contributed by atoms with Gasteiger partial charge in [-0.15, -0.1) is 23.6 Å². The van der Waals surface area contributed by atoms with Gasteiger partial charge in [-0.1, -0.05) is 137 Å². The molecule has 0 amide bonds. The fourth-order valence-corrected chi connectivity index (χ4v) is 7.62. The molecule has 0 saturated heterocycles. The van der Waals surface area contributed by atoms with Crippen LogP contribution in [0.3, 0.4) is 0 Å². The Balaban J connectivity index is 0.00000469. The minimum absolute atomic E-state index is 0. The third-order valence-corrected chi connectivity index (χ3v) is 10.6. The van der Waals surface area contributed by atoms with Crippen molar-refractivity contribution in [2.24, 2.45) is 0 Å². The van der Waals surface area contributed by atoms with Crippen LogP contribution in [-0.2, 0) is 26.5 Å². The van der Waals surface area contributed by atoms with E-state index in [1.54, 1.807) is 0 Å². The van der Waals surface area contributed by atoms with Crippen molar-refractivity contribution in [1.29, 1.82) is 0 Å². The quantitative estimate of drug-likeness (QED) is 0.107. The summed E-state index contributed by atoms with van der Waals surface area (Å²) in [6.45, 7) is 10.8. The Kier molecular flexibility index (Phi) is 10.1. The Labute approximate surface area is 350 Å². The summed E-state index contributed by atoms with van der Waals surface area (Å²) in [4.78, 5) is 9.86. The van der Waals surface area contributed by atoms with Crippen molar-refractivity contribution in [3.63, 3.8) is 0 Å². The van der Waals surface area contributed by atoms with Crippen molar-refractivity contribution in [3.8, 4) is 39.9 Å². The Morgan fingerprint density at radius 2 is 1.53 bits per heavy atom. The summed E-state index contributed by atoms with van der Waals surface area (Å²) in [6, 6.07) is 50.4. The van der Waals surface area contributed by atoms with Crippen molar-refractivity contribution < 1.29 is 31.7 Å². The van der Waals surface area contributed by atoms with Gasteiger partial charge in [0.1, 0.15) is 5.82 Å². The van der Waals surface area contributed by atoms with Gasteiger partial charge in [0.25, 0.3) is 6.33 Å². The fourth-order valence-electron chi connectivity index (χ4n) is 7.62. The van der Waals surface area contributed by atoms with Crippen LogP contribution in [0.2, 0.25) is 0 Å². The van der Waals surface area contributed by atoms with Gasteiger partial charge < -0.3 is 18.9 Å². The SMILES string of the molecule is [2H]C(CC)(CC)c1cccc(-[n+]2[c-]n(-c3[c-]c(Oc4[c-]c5c(cc4)c4ccccc4n5-c4cc(C(C)(C)C)ccn4)c(-c4ccccc4)nc3)c3ccccc32)c1.[Pt]. The third kappa shape index (κ3) is 7.08. The molecule has 9 aromatic rings. The summed E-state index contributed by atoms with van der Waals surface area (Å²) in [7, 11) is 0. The number of para-hydroxylation sites is 3. The second kappa shape index (κ2) is 15.6. The number of aromatic nitrogens is 5. The maximum atomic E-state index is 9.13. The number of imidazole rings is 1. The molecule has 0 atom stereocenters. The van der Waals surface area contributed by atoms with Crippen LogP contribution < -0.4 is 9.30 Å². The van der Waals surface area contributed by atoms with E-state index < -0.39 is 5.89 Å². The molecule has 6 nitrogen and oxygen atoms in total. The molecule has 0 radical (unpaired) electrons. The summed E-state index contributed by atoms with van der Waals surface area (Å²) in [5, 5.41) is 2.17. The van der Waals surface area contributed by atoms with Crippen LogP contribution in [0, 0.1) is 18.5 Å². The number of rotatable bonds is 9. The predicted octanol–water partition coefficient (Wildman–Crippen LogP) is 11.9. The van der Waals surface area contributed by atoms with Gasteiger partial charge in [-0.05, 0) is 82.4 Å². The smallest absolute Gasteiger partial charge is 0.268 e. The van der Waals surface area contributed by atoms with Gasteiger partial charge in [0.15, 0.2) is 0 Å². The van der Waals surface area contributed by atoms with Crippen LogP contribution in [0.15, 0.2) is 140 Å². The zero-order valence-corrected chi connectivity index (χ0v) is 34.9. The average Bonchev–Trinajstić information content (AvgIpc) is 3.80.